The summed E-state index contributed by atoms with van der Waals surface area (Å²) in [6.45, 7) is 2.02. The molecule has 2 heterocycles. The molecule has 0 atom stereocenters. The summed E-state index contributed by atoms with van der Waals surface area (Å²) < 4.78 is 0.881. The molecule has 30 heavy (non-hydrogen) atoms. The molecule has 0 fully saturated rings. The van der Waals surface area contributed by atoms with Gasteiger partial charge in [0.1, 0.15) is 0 Å². The van der Waals surface area contributed by atoms with Crippen molar-refractivity contribution < 1.29 is 0 Å². The normalized spacial score (nSPS) is 10.5. The molecule has 0 spiro atoms. The largest absolute Gasteiger partial charge is 0.332 e. The van der Waals surface area contributed by atoms with Crippen LogP contribution in [0.1, 0.15) is 5.56 Å². The summed E-state index contributed by atoms with van der Waals surface area (Å²) in [7, 11) is 0. The highest BCUT2D eigenvalue weighted by Crippen LogP contribution is 2.26. The Bertz CT molecular complexity index is 1200. The van der Waals surface area contributed by atoms with Gasteiger partial charge in [0.05, 0.1) is 11.4 Å². The maximum Gasteiger partial charge on any atom is 0.230 e. The summed E-state index contributed by atoms with van der Waals surface area (Å²) >= 11 is 8.97. The van der Waals surface area contributed by atoms with E-state index >= 15 is 0 Å². The maximum atomic E-state index is 5.50. The lowest BCUT2D eigenvalue weighted by atomic mass is 10.1. The highest BCUT2D eigenvalue weighted by molar-refractivity contribution is 9.10. The number of nitrogens with zero attached hydrogens (tertiary/aromatic N) is 3. The number of halogens is 1. The predicted octanol–water partition coefficient (Wildman–Crippen LogP) is 6.09. The minimum absolute atomic E-state index is 0.414. The quantitative estimate of drug-likeness (QED) is 0.348. The van der Waals surface area contributed by atoms with E-state index in [0.29, 0.717) is 11.1 Å². The summed E-state index contributed by atoms with van der Waals surface area (Å²) in [4.78, 5) is 13.6. The molecule has 2 aromatic heterocycles. The van der Waals surface area contributed by atoms with Crippen LogP contribution in [0.3, 0.4) is 0 Å². The van der Waals surface area contributed by atoms with Gasteiger partial charge in [0.25, 0.3) is 0 Å². The number of hydrogen-bond acceptors (Lipinski definition) is 4. The lowest BCUT2D eigenvalue weighted by Crippen LogP contribution is -2.21. The number of aryl methyl sites for hydroxylation is 1. The van der Waals surface area contributed by atoms with E-state index in [0.717, 1.165) is 38.2 Å². The van der Waals surface area contributed by atoms with Gasteiger partial charge in [0, 0.05) is 33.7 Å². The van der Waals surface area contributed by atoms with Crippen LogP contribution in [0.25, 0.3) is 22.5 Å². The van der Waals surface area contributed by atoms with Gasteiger partial charge >= 0.3 is 0 Å². The average Bonchev–Trinajstić information content (AvgIpc) is 2.76. The van der Waals surface area contributed by atoms with Gasteiger partial charge in [-0.25, -0.2) is 9.97 Å². The Hall–Kier alpha value is -3.16. The molecule has 148 valence electrons. The molecule has 5 nitrogen and oxygen atoms in total. The van der Waals surface area contributed by atoms with E-state index < -0.39 is 0 Å². The van der Waals surface area contributed by atoms with Gasteiger partial charge in [0.15, 0.2) is 5.11 Å². The van der Waals surface area contributed by atoms with Gasteiger partial charge < -0.3 is 10.6 Å². The third-order valence-corrected chi connectivity index (χ3v) is 5.05. The monoisotopic (exact) mass is 475 g/mol. The van der Waals surface area contributed by atoms with Crippen LogP contribution in [0, 0.1) is 6.92 Å². The Labute approximate surface area is 188 Å². The van der Waals surface area contributed by atoms with E-state index in [1.165, 1.54) is 0 Å². The molecule has 7 heteroatoms. The molecule has 4 aromatic rings. The number of nitrogens with one attached hydrogen (secondary N) is 2. The molecular formula is C23H18BrN5S. The minimum Gasteiger partial charge on any atom is -0.332 e. The Morgan fingerprint density at radius 3 is 2.27 bits per heavy atom. The van der Waals surface area contributed by atoms with Gasteiger partial charge in [-0.15, -0.1) is 0 Å². The molecule has 0 aliphatic heterocycles. The topological polar surface area (TPSA) is 62.7 Å². The molecule has 0 saturated carbocycles. The lowest BCUT2D eigenvalue weighted by molar-refractivity contribution is 1.17. The van der Waals surface area contributed by atoms with Crippen molar-refractivity contribution in [3.63, 3.8) is 0 Å². The number of rotatable bonds is 4. The molecule has 0 aliphatic carbocycles. The van der Waals surface area contributed by atoms with Crippen molar-refractivity contribution in [1.29, 1.82) is 0 Å². The standard InChI is InChI=1S/C23H18BrN5S/c1-15-7-5-6-10-19(15)28-23(30)29-22-26-20(16-8-3-2-4-9-16)12-21(27-22)17-11-18(24)14-25-13-17/h2-14H,1H3,(H2,26,27,28,29,30). The zero-order chi connectivity index (χ0) is 20.9. The number of para-hydroxylation sites is 1. The first kappa shape index (κ1) is 20.1. The van der Waals surface area contributed by atoms with Crippen molar-refractivity contribution in [3.8, 4) is 22.5 Å². The SMILES string of the molecule is Cc1ccccc1NC(=S)Nc1nc(-c2ccccc2)cc(-c2cncc(Br)c2)n1. The smallest absolute Gasteiger partial charge is 0.230 e. The van der Waals surface area contributed by atoms with Crippen LogP contribution in [0.2, 0.25) is 0 Å². The highest BCUT2D eigenvalue weighted by atomic mass is 79.9. The van der Waals surface area contributed by atoms with Crippen LogP contribution in [-0.2, 0) is 0 Å². The van der Waals surface area contributed by atoms with Crippen LogP contribution in [0.4, 0.5) is 11.6 Å². The van der Waals surface area contributed by atoms with Crippen LogP contribution in [0.15, 0.2) is 83.6 Å². The first-order valence-electron chi connectivity index (χ1n) is 9.27. The molecule has 0 radical (unpaired) electrons. The van der Waals surface area contributed by atoms with Crippen molar-refractivity contribution in [2.24, 2.45) is 0 Å². The second-order valence-corrected chi connectivity index (χ2v) is 7.94. The molecule has 0 amide bonds. The summed E-state index contributed by atoms with van der Waals surface area (Å²) in [5.74, 6) is 0.414. The zero-order valence-electron chi connectivity index (χ0n) is 16.1. The Kier molecular flexibility index (Phi) is 6.11. The van der Waals surface area contributed by atoms with Crippen molar-refractivity contribution in [1.82, 2.24) is 15.0 Å². The first-order chi connectivity index (χ1) is 14.6. The predicted molar refractivity (Wildman–Crippen MR) is 129 cm³/mol. The van der Waals surface area contributed by atoms with Crippen LogP contribution in [-0.4, -0.2) is 20.1 Å². The lowest BCUT2D eigenvalue weighted by Gasteiger charge is -2.13. The molecule has 0 saturated heterocycles. The van der Waals surface area contributed by atoms with Gasteiger partial charge in [-0.05, 0) is 58.8 Å². The number of thiocarbonyl (C=S) groups is 1. The maximum absolute atomic E-state index is 5.50. The van der Waals surface area contributed by atoms with Crippen molar-refractivity contribution in [2.75, 3.05) is 10.6 Å². The minimum atomic E-state index is 0.414. The number of pyridine rings is 1. The van der Waals surface area contributed by atoms with E-state index in [1.807, 2.05) is 73.7 Å². The summed E-state index contributed by atoms with van der Waals surface area (Å²) in [6.07, 6.45) is 3.51. The van der Waals surface area contributed by atoms with Crippen LogP contribution in [0.5, 0.6) is 0 Å². The van der Waals surface area contributed by atoms with Crippen LogP contribution >= 0.6 is 28.1 Å². The molecule has 0 aliphatic rings. The van der Waals surface area contributed by atoms with Crippen LogP contribution < -0.4 is 10.6 Å². The summed E-state index contributed by atoms with van der Waals surface area (Å²) in [6, 6.07) is 21.8. The third kappa shape index (κ3) is 4.87. The Morgan fingerprint density at radius 1 is 0.833 bits per heavy atom. The second kappa shape index (κ2) is 9.11. The fourth-order valence-corrected chi connectivity index (χ4v) is 3.49. The van der Waals surface area contributed by atoms with Gasteiger partial charge in [0.2, 0.25) is 5.95 Å². The highest BCUT2D eigenvalue weighted by Gasteiger charge is 2.11. The molecule has 0 bridgehead atoms. The first-order valence-corrected chi connectivity index (χ1v) is 10.5. The summed E-state index contributed by atoms with van der Waals surface area (Å²) in [5.41, 5.74) is 5.45. The number of anilines is 2. The van der Waals surface area contributed by atoms with Crippen molar-refractivity contribution in [3.05, 3.63) is 89.2 Å². The fourth-order valence-electron chi connectivity index (χ4n) is 2.93. The van der Waals surface area contributed by atoms with E-state index in [1.54, 1.807) is 12.4 Å². The van der Waals surface area contributed by atoms with Gasteiger partial charge in [-0.1, -0.05) is 48.5 Å². The Morgan fingerprint density at radius 2 is 1.53 bits per heavy atom. The number of aromatic nitrogens is 3. The molecule has 0 unspecified atom stereocenters. The molecule has 2 N–H and O–H groups in total. The van der Waals surface area contributed by atoms with Gasteiger partial charge in [-0.2, -0.15) is 0 Å². The van der Waals surface area contributed by atoms with Crippen molar-refractivity contribution in [2.45, 2.75) is 6.92 Å². The van der Waals surface area contributed by atoms with Gasteiger partial charge in [-0.3, -0.25) is 4.98 Å². The molecular weight excluding hydrogens is 458 g/mol. The van der Waals surface area contributed by atoms with Crippen molar-refractivity contribution >= 4 is 44.9 Å². The fraction of sp³-hybridized carbons (Fsp3) is 0.0435. The molecule has 2 aromatic carbocycles. The second-order valence-electron chi connectivity index (χ2n) is 6.61. The summed E-state index contributed by atoms with van der Waals surface area (Å²) in [5, 5.41) is 6.75. The Balaban J connectivity index is 1.69. The van der Waals surface area contributed by atoms with E-state index in [9.17, 15) is 0 Å². The average molecular weight is 476 g/mol. The number of benzene rings is 2. The molecule has 4 rings (SSSR count). The van der Waals surface area contributed by atoms with E-state index in [2.05, 4.69) is 41.5 Å². The number of hydrogen-bond donors (Lipinski definition) is 2. The zero-order valence-corrected chi connectivity index (χ0v) is 18.5. The third-order valence-electron chi connectivity index (χ3n) is 4.41. The van der Waals surface area contributed by atoms with E-state index in [4.69, 9.17) is 12.2 Å². The van der Waals surface area contributed by atoms with E-state index in [-0.39, 0.29) is 0 Å².